The molecular formula is C14H20O2. The third-order valence-electron chi connectivity index (χ3n) is 2.74. The van der Waals surface area contributed by atoms with Crippen LogP contribution in [0.4, 0.5) is 0 Å². The summed E-state index contributed by atoms with van der Waals surface area (Å²) in [7, 11) is 0. The summed E-state index contributed by atoms with van der Waals surface area (Å²) < 4.78 is 0. The molecule has 88 valence electrons. The largest absolute Gasteiger partial charge is 0.396 e. The van der Waals surface area contributed by atoms with Gasteiger partial charge in [-0.1, -0.05) is 50.6 Å². The first kappa shape index (κ1) is 12.9. The van der Waals surface area contributed by atoms with Crippen molar-refractivity contribution in [3.05, 3.63) is 35.9 Å². The Morgan fingerprint density at radius 1 is 1.19 bits per heavy atom. The minimum atomic E-state index is -0.246. The van der Waals surface area contributed by atoms with E-state index in [1.165, 1.54) is 0 Å². The lowest BCUT2D eigenvalue weighted by Crippen LogP contribution is -2.19. The minimum absolute atomic E-state index is 0.0551. The molecule has 0 aliphatic rings. The van der Waals surface area contributed by atoms with Gasteiger partial charge >= 0.3 is 0 Å². The van der Waals surface area contributed by atoms with Gasteiger partial charge in [0.15, 0.2) is 5.78 Å². The zero-order chi connectivity index (χ0) is 12.0. The highest BCUT2D eigenvalue weighted by molar-refractivity contribution is 5.97. The van der Waals surface area contributed by atoms with E-state index in [0.29, 0.717) is 11.5 Å². The van der Waals surface area contributed by atoms with Crippen molar-refractivity contribution in [3.8, 4) is 0 Å². The topological polar surface area (TPSA) is 37.3 Å². The van der Waals surface area contributed by atoms with E-state index in [9.17, 15) is 9.90 Å². The van der Waals surface area contributed by atoms with Crippen molar-refractivity contribution in [3.63, 3.8) is 0 Å². The highest BCUT2D eigenvalue weighted by Gasteiger charge is 2.18. The van der Waals surface area contributed by atoms with E-state index in [4.69, 9.17) is 0 Å². The third kappa shape index (κ3) is 3.78. The van der Waals surface area contributed by atoms with E-state index in [1.807, 2.05) is 18.2 Å². The number of hydrogen-bond acceptors (Lipinski definition) is 2. The zero-order valence-electron chi connectivity index (χ0n) is 10.0. The van der Waals surface area contributed by atoms with Gasteiger partial charge in [0, 0.05) is 11.5 Å². The normalized spacial score (nSPS) is 12.8. The Hall–Kier alpha value is -1.15. The van der Waals surface area contributed by atoms with Crippen molar-refractivity contribution in [2.45, 2.75) is 26.7 Å². The molecule has 0 aliphatic heterocycles. The van der Waals surface area contributed by atoms with Crippen LogP contribution in [0.15, 0.2) is 30.3 Å². The molecule has 1 unspecified atom stereocenters. The smallest absolute Gasteiger partial charge is 0.168 e. The van der Waals surface area contributed by atoms with Gasteiger partial charge in [-0.05, 0) is 12.3 Å². The molecule has 0 bridgehead atoms. The number of Topliss-reactive ketones (excluding diaryl/α,β-unsaturated/α-hetero) is 1. The van der Waals surface area contributed by atoms with E-state index in [-0.39, 0.29) is 18.3 Å². The summed E-state index contributed by atoms with van der Waals surface area (Å²) >= 11 is 0. The molecule has 0 aliphatic carbocycles. The van der Waals surface area contributed by atoms with Gasteiger partial charge in [-0.2, -0.15) is 0 Å². The van der Waals surface area contributed by atoms with E-state index >= 15 is 0 Å². The van der Waals surface area contributed by atoms with Crippen molar-refractivity contribution in [2.24, 2.45) is 11.8 Å². The van der Waals surface area contributed by atoms with Crippen molar-refractivity contribution >= 4 is 5.78 Å². The first-order chi connectivity index (χ1) is 7.65. The van der Waals surface area contributed by atoms with E-state index in [1.54, 1.807) is 12.1 Å². The Morgan fingerprint density at radius 2 is 1.81 bits per heavy atom. The predicted octanol–water partition coefficient (Wildman–Crippen LogP) is 2.91. The van der Waals surface area contributed by atoms with Crippen LogP contribution in [-0.4, -0.2) is 17.5 Å². The molecule has 1 aromatic rings. The van der Waals surface area contributed by atoms with Gasteiger partial charge < -0.3 is 5.11 Å². The van der Waals surface area contributed by atoms with Crippen LogP contribution in [0.5, 0.6) is 0 Å². The molecule has 2 nitrogen and oxygen atoms in total. The molecule has 0 spiro atoms. The summed E-state index contributed by atoms with van der Waals surface area (Å²) in [5.41, 5.74) is 0.699. The molecule has 16 heavy (non-hydrogen) atoms. The summed E-state index contributed by atoms with van der Waals surface area (Å²) in [6.07, 6.45) is 1.74. The molecule has 0 saturated heterocycles. The van der Waals surface area contributed by atoms with Crippen LogP contribution in [0.3, 0.4) is 0 Å². The summed E-state index contributed by atoms with van der Waals surface area (Å²) in [4.78, 5) is 12.0. The van der Waals surface area contributed by atoms with Crippen molar-refractivity contribution in [2.75, 3.05) is 6.61 Å². The van der Waals surface area contributed by atoms with Crippen molar-refractivity contribution in [1.82, 2.24) is 0 Å². The molecule has 0 heterocycles. The van der Waals surface area contributed by atoms with Crippen LogP contribution in [0, 0.1) is 11.8 Å². The van der Waals surface area contributed by atoms with Gasteiger partial charge in [0.05, 0.1) is 6.61 Å². The molecule has 1 N–H and O–H groups in total. The fourth-order valence-electron chi connectivity index (χ4n) is 1.68. The molecular weight excluding hydrogens is 200 g/mol. The van der Waals surface area contributed by atoms with Crippen LogP contribution in [0.2, 0.25) is 0 Å². The van der Waals surface area contributed by atoms with E-state index in [0.717, 1.165) is 12.8 Å². The second-order valence-electron chi connectivity index (χ2n) is 4.58. The van der Waals surface area contributed by atoms with Crippen LogP contribution in [0.25, 0.3) is 0 Å². The Bertz CT molecular complexity index is 317. The Balaban J connectivity index is 2.63. The molecule has 0 radical (unpaired) electrons. The van der Waals surface area contributed by atoms with Crippen LogP contribution < -0.4 is 0 Å². The number of rotatable bonds is 6. The van der Waals surface area contributed by atoms with Gasteiger partial charge in [0.2, 0.25) is 0 Å². The number of aliphatic hydroxyl groups is 1. The highest BCUT2D eigenvalue weighted by atomic mass is 16.3. The van der Waals surface area contributed by atoms with E-state index in [2.05, 4.69) is 13.8 Å². The van der Waals surface area contributed by atoms with E-state index < -0.39 is 0 Å². The second kappa shape index (κ2) is 6.44. The summed E-state index contributed by atoms with van der Waals surface area (Å²) in [5.74, 6) is 0.381. The molecule has 1 rings (SSSR count). The average Bonchev–Trinajstić information content (AvgIpc) is 2.30. The first-order valence-electron chi connectivity index (χ1n) is 5.85. The number of ketones is 1. The fraction of sp³-hybridized carbons (Fsp3) is 0.500. The number of benzene rings is 1. The molecule has 1 atom stereocenters. The maximum atomic E-state index is 12.0. The Labute approximate surface area is 97.3 Å². The van der Waals surface area contributed by atoms with Crippen LogP contribution in [-0.2, 0) is 0 Å². The molecule has 0 fully saturated rings. The lowest BCUT2D eigenvalue weighted by atomic mass is 9.91. The SMILES string of the molecule is CC(C)CCC(CO)C(=O)c1ccccc1. The van der Waals surface area contributed by atoms with Crippen LogP contribution >= 0.6 is 0 Å². The van der Waals surface area contributed by atoms with Gasteiger partial charge in [-0.15, -0.1) is 0 Å². The monoisotopic (exact) mass is 220 g/mol. The van der Waals surface area contributed by atoms with Gasteiger partial charge in [0.1, 0.15) is 0 Å². The maximum absolute atomic E-state index is 12.0. The first-order valence-corrected chi connectivity index (χ1v) is 5.85. The average molecular weight is 220 g/mol. The van der Waals surface area contributed by atoms with Gasteiger partial charge in [-0.3, -0.25) is 4.79 Å². The number of carbonyl (C=O) groups excluding carboxylic acids is 1. The van der Waals surface area contributed by atoms with Crippen LogP contribution in [0.1, 0.15) is 37.0 Å². The molecule has 1 aromatic carbocycles. The maximum Gasteiger partial charge on any atom is 0.168 e. The lowest BCUT2D eigenvalue weighted by molar-refractivity contribution is 0.0845. The highest BCUT2D eigenvalue weighted by Crippen LogP contribution is 2.16. The summed E-state index contributed by atoms with van der Waals surface area (Å²) in [6, 6.07) is 9.20. The second-order valence-corrected chi connectivity index (χ2v) is 4.58. The molecule has 2 heteroatoms. The zero-order valence-corrected chi connectivity index (χ0v) is 10.0. The number of hydrogen-bond donors (Lipinski definition) is 1. The van der Waals surface area contributed by atoms with Gasteiger partial charge in [-0.25, -0.2) is 0 Å². The quantitative estimate of drug-likeness (QED) is 0.748. The lowest BCUT2D eigenvalue weighted by Gasteiger charge is -2.14. The summed E-state index contributed by atoms with van der Waals surface area (Å²) in [6.45, 7) is 4.20. The number of carbonyl (C=O) groups is 1. The number of aliphatic hydroxyl groups excluding tert-OH is 1. The molecule has 0 saturated carbocycles. The molecule has 0 amide bonds. The predicted molar refractivity (Wildman–Crippen MR) is 65.4 cm³/mol. The van der Waals surface area contributed by atoms with Gasteiger partial charge in [0.25, 0.3) is 0 Å². The Kier molecular flexibility index (Phi) is 5.20. The third-order valence-corrected chi connectivity index (χ3v) is 2.74. The Morgan fingerprint density at radius 3 is 2.31 bits per heavy atom. The summed E-state index contributed by atoms with van der Waals surface area (Å²) in [5, 5.41) is 9.25. The standard InChI is InChI=1S/C14H20O2/c1-11(2)8-9-13(10-15)14(16)12-6-4-3-5-7-12/h3-7,11,13,15H,8-10H2,1-2H3. The minimum Gasteiger partial charge on any atom is -0.396 e. The fourth-order valence-corrected chi connectivity index (χ4v) is 1.68. The van der Waals surface area contributed by atoms with Crippen molar-refractivity contribution in [1.29, 1.82) is 0 Å². The van der Waals surface area contributed by atoms with Crippen molar-refractivity contribution < 1.29 is 9.90 Å². The molecule has 0 aromatic heterocycles.